The molecule has 0 N–H and O–H groups in total. The van der Waals surface area contributed by atoms with Gasteiger partial charge in [-0.2, -0.15) is 5.26 Å². The van der Waals surface area contributed by atoms with Crippen LogP contribution in [0.5, 0.6) is 0 Å². The van der Waals surface area contributed by atoms with Crippen LogP contribution in [0.2, 0.25) is 0 Å². The highest BCUT2D eigenvalue weighted by Crippen LogP contribution is 2.33. The number of hydrogen-bond donors (Lipinski definition) is 0. The molecule has 7 nitrogen and oxygen atoms in total. The summed E-state index contributed by atoms with van der Waals surface area (Å²) in [6, 6.07) is 23.8. The first kappa shape index (κ1) is 27.1. The lowest BCUT2D eigenvalue weighted by atomic mass is 9.94. The Morgan fingerprint density at radius 3 is 1.98 bits per heavy atom. The maximum atomic E-state index is 9.45. The lowest BCUT2D eigenvalue weighted by Gasteiger charge is -2.19. The number of nitriles is 1. The summed E-state index contributed by atoms with van der Waals surface area (Å²) < 4.78 is 0. The van der Waals surface area contributed by atoms with Gasteiger partial charge in [0.1, 0.15) is 22.9 Å². The van der Waals surface area contributed by atoms with Crippen LogP contribution in [0.15, 0.2) is 79.1 Å². The summed E-state index contributed by atoms with van der Waals surface area (Å²) in [6.45, 7) is 12.6. The Labute approximate surface area is 245 Å². The molecule has 0 saturated carbocycles. The Balaban J connectivity index is 1.45. The number of aromatic nitrogens is 6. The zero-order chi connectivity index (χ0) is 29.6. The van der Waals surface area contributed by atoms with E-state index in [1.165, 1.54) is 0 Å². The summed E-state index contributed by atoms with van der Waals surface area (Å²) in [7, 11) is 0. The number of pyridine rings is 2. The Bertz CT molecular complexity index is 2010. The van der Waals surface area contributed by atoms with Gasteiger partial charge in [0.2, 0.25) is 0 Å². The quantitative estimate of drug-likeness (QED) is 0.222. The molecule has 6 aromatic rings. The summed E-state index contributed by atoms with van der Waals surface area (Å²) in [5, 5.41) is 10.4. The summed E-state index contributed by atoms with van der Waals surface area (Å²) >= 11 is 0. The van der Waals surface area contributed by atoms with Crippen molar-refractivity contribution in [3.05, 3.63) is 96.3 Å². The van der Waals surface area contributed by atoms with Gasteiger partial charge in [0, 0.05) is 45.3 Å². The maximum Gasteiger partial charge on any atom is 0.135 e. The second-order valence-corrected chi connectivity index (χ2v) is 12.5. The Morgan fingerprint density at radius 2 is 1.29 bits per heavy atom. The van der Waals surface area contributed by atoms with Crippen molar-refractivity contribution in [1.29, 1.82) is 5.26 Å². The molecule has 0 atom stereocenters. The molecule has 6 rings (SSSR count). The predicted octanol–water partition coefficient (Wildman–Crippen LogP) is 7.83. The van der Waals surface area contributed by atoms with Crippen molar-refractivity contribution in [2.45, 2.75) is 52.4 Å². The van der Waals surface area contributed by atoms with Gasteiger partial charge in [-0.15, -0.1) is 0 Å². The number of benzene rings is 2. The molecule has 0 saturated heterocycles. The largest absolute Gasteiger partial charge is 0.255 e. The van der Waals surface area contributed by atoms with Gasteiger partial charge in [0.05, 0.1) is 34.1 Å². The van der Waals surface area contributed by atoms with Crippen LogP contribution in [0, 0.1) is 11.3 Å². The van der Waals surface area contributed by atoms with Gasteiger partial charge in [-0.25, -0.2) is 19.9 Å². The molecule has 206 valence electrons. The van der Waals surface area contributed by atoms with Crippen molar-refractivity contribution in [2.75, 3.05) is 0 Å². The topological polar surface area (TPSA) is 101 Å². The van der Waals surface area contributed by atoms with E-state index in [1.54, 1.807) is 12.3 Å². The normalized spacial score (nSPS) is 12.0. The van der Waals surface area contributed by atoms with Gasteiger partial charge in [0.15, 0.2) is 0 Å². The molecule has 0 amide bonds. The van der Waals surface area contributed by atoms with E-state index in [0.29, 0.717) is 22.6 Å². The van der Waals surface area contributed by atoms with Crippen LogP contribution < -0.4 is 0 Å². The van der Waals surface area contributed by atoms with Crippen molar-refractivity contribution in [3.8, 4) is 39.8 Å². The van der Waals surface area contributed by atoms with Gasteiger partial charge in [-0.05, 0) is 36.4 Å². The molecule has 4 aromatic heterocycles. The first-order valence-corrected chi connectivity index (χ1v) is 13.9. The minimum absolute atomic E-state index is 0.189. The van der Waals surface area contributed by atoms with E-state index in [0.717, 1.165) is 50.3 Å². The monoisotopic (exact) mass is 549 g/mol. The van der Waals surface area contributed by atoms with Gasteiger partial charge < -0.3 is 0 Å². The zero-order valence-corrected chi connectivity index (χ0v) is 24.6. The predicted molar refractivity (Wildman–Crippen MR) is 167 cm³/mol. The Morgan fingerprint density at radius 1 is 0.595 bits per heavy atom. The van der Waals surface area contributed by atoms with E-state index in [-0.39, 0.29) is 10.8 Å². The molecule has 0 aliphatic heterocycles. The van der Waals surface area contributed by atoms with Gasteiger partial charge in [0.25, 0.3) is 0 Å². The average molecular weight is 550 g/mol. The molecule has 0 fully saturated rings. The fraction of sp³-hybridized carbons (Fsp3) is 0.229. The molecule has 0 unspecified atom stereocenters. The van der Waals surface area contributed by atoms with Gasteiger partial charge >= 0.3 is 0 Å². The number of para-hydroxylation sites is 1. The minimum Gasteiger partial charge on any atom is -0.255 e. The fourth-order valence-corrected chi connectivity index (χ4v) is 4.77. The van der Waals surface area contributed by atoms with E-state index >= 15 is 0 Å². The molecule has 2 aromatic carbocycles. The first-order chi connectivity index (χ1) is 20.0. The Kier molecular flexibility index (Phi) is 6.50. The smallest absolute Gasteiger partial charge is 0.135 e. The zero-order valence-electron chi connectivity index (χ0n) is 24.6. The van der Waals surface area contributed by atoms with Crippen molar-refractivity contribution in [3.63, 3.8) is 0 Å². The second kappa shape index (κ2) is 10.1. The van der Waals surface area contributed by atoms with Crippen LogP contribution in [0.1, 0.15) is 58.8 Å². The first-order valence-electron chi connectivity index (χ1n) is 13.9. The van der Waals surface area contributed by atoms with E-state index in [1.807, 2.05) is 60.8 Å². The molecule has 42 heavy (non-hydrogen) atoms. The van der Waals surface area contributed by atoms with Crippen LogP contribution in [0.4, 0.5) is 0 Å². The van der Waals surface area contributed by atoms with E-state index in [2.05, 4.69) is 53.7 Å². The standard InChI is InChI=1S/C35H31N7/c1-34(2,3)32-39-27-13-8-7-12-25(27)29(41-32)23-14-15-26(37-19-23)24-17-28-31(38-20-24)30(42-33(40-28)35(4,5)6)22-11-9-10-21(16-22)18-36/h7-17,19-20H,1-6H3. The van der Waals surface area contributed by atoms with Gasteiger partial charge in [-0.3, -0.25) is 9.97 Å². The highest BCUT2D eigenvalue weighted by molar-refractivity contribution is 5.93. The molecule has 4 heterocycles. The number of nitrogens with zero attached hydrogens (tertiary/aromatic N) is 7. The molecule has 0 aliphatic carbocycles. The van der Waals surface area contributed by atoms with Crippen LogP contribution in [0.3, 0.4) is 0 Å². The van der Waals surface area contributed by atoms with E-state index in [9.17, 15) is 5.26 Å². The molecular formula is C35H31N7. The second-order valence-electron chi connectivity index (χ2n) is 12.5. The lowest BCUT2D eigenvalue weighted by molar-refractivity contribution is 0.549. The highest BCUT2D eigenvalue weighted by atomic mass is 14.9. The summed E-state index contributed by atoms with van der Waals surface area (Å²) in [5.74, 6) is 1.50. The number of fused-ring (bicyclic) bond motifs is 2. The summed E-state index contributed by atoms with van der Waals surface area (Å²) in [6.07, 6.45) is 3.67. The number of hydrogen-bond acceptors (Lipinski definition) is 7. The maximum absolute atomic E-state index is 9.45. The van der Waals surface area contributed by atoms with Gasteiger partial charge in [-0.1, -0.05) is 71.9 Å². The van der Waals surface area contributed by atoms with E-state index in [4.69, 9.17) is 29.9 Å². The molecule has 0 bridgehead atoms. The third-order valence-electron chi connectivity index (χ3n) is 7.08. The lowest BCUT2D eigenvalue weighted by Crippen LogP contribution is -2.17. The van der Waals surface area contributed by atoms with Crippen molar-refractivity contribution >= 4 is 21.9 Å². The molecule has 0 radical (unpaired) electrons. The van der Waals surface area contributed by atoms with Crippen LogP contribution >= 0.6 is 0 Å². The van der Waals surface area contributed by atoms with Crippen molar-refractivity contribution in [2.24, 2.45) is 0 Å². The van der Waals surface area contributed by atoms with Crippen LogP contribution in [-0.4, -0.2) is 29.9 Å². The van der Waals surface area contributed by atoms with Crippen LogP contribution in [-0.2, 0) is 10.8 Å². The molecule has 7 heteroatoms. The van der Waals surface area contributed by atoms with Crippen LogP contribution in [0.25, 0.3) is 55.7 Å². The molecule has 0 spiro atoms. The fourth-order valence-electron chi connectivity index (χ4n) is 4.77. The average Bonchev–Trinajstić information content (AvgIpc) is 2.99. The summed E-state index contributed by atoms with van der Waals surface area (Å²) in [4.78, 5) is 29.2. The summed E-state index contributed by atoms with van der Waals surface area (Å²) in [5.41, 5.74) is 7.41. The molecular weight excluding hydrogens is 518 g/mol. The number of rotatable bonds is 3. The third kappa shape index (κ3) is 5.08. The highest BCUT2D eigenvalue weighted by Gasteiger charge is 2.23. The van der Waals surface area contributed by atoms with Crippen molar-refractivity contribution in [1.82, 2.24) is 29.9 Å². The third-order valence-corrected chi connectivity index (χ3v) is 7.08. The minimum atomic E-state index is -0.280. The molecule has 0 aliphatic rings. The van der Waals surface area contributed by atoms with Crippen molar-refractivity contribution < 1.29 is 0 Å². The van der Waals surface area contributed by atoms with E-state index < -0.39 is 0 Å². The SMILES string of the molecule is CC(C)(C)c1nc(-c2ccc(-c3cnc4c(-c5cccc(C#N)c5)nc(C(C)(C)C)nc4c3)nc2)c2ccccc2n1. The Hall–Kier alpha value is -5.09.